The Kier molecular flexibility index (Phi) is 4.38. The average molecular weight is 276 g/mol. The molecule has 0 N–H and O–H groups in total. The minimum Gasteiger partial charge on any atom is -0.355 e. The summed E-state index contributed by atoms with van der Waals surface area (Å²) in [5.74, 6) is 1.44. The topological polar surface area (TPSA) is 29.0 Å². The summed E-state index contributed by atoms with van der Waals surface area (Å²) in [5, 5.41) is 0. The number of alkyl halides is 1. The fraction of sp³-hybridized carbons (Fsp3) is 0.333. The summed E-state index contributed by atoms with van der Waals surface area (Å²) in [7, 11) is 2.04. The van der Waals surface area contributed by atoms with Crippen LogP contribution in [-0.2, 0) is 12.4 Å². The number of pyridine rings is 2. The SMILES string of the molecule is Cc1cc(C)c(CCl)c(N(C)Cc2ccncc2)n1. The van der Waals surface area contributed by atoms with Crippen LogP contribution in [0.4, 0.5) is 5.82 Å². The Morgan fingerprint density at radius 2 is 1.89 bits per heavy atom. The van der Waals surface area contributed by atoms with Crippen molar-refractivity contribution in [3.63, 3.8) is 0 Å². The second kappa shape index (κ2) is 6.02. The molecule has 2 aromatic heterocycles. The fourth-order valence-electron chi connectivity index (χ4n) is 2.16. The summed E-state index contributed by atoms with van der Waals surface area (Å²) in [5.41, 5.74) is 4.52. The minimum absolute atomic E-state index is 0.481. The van der Waals surface area contributed by atoms with Crippen LogP contribution in [0.3, 0.4) is 0 Å². The number of anilines is 1. The highest BCUT2D eigenvalue weighted by atomic mass is 35.5. The van der Waals surface area contributed by atoms with Crippen LogP contribution in [0, 0.1) is 13.8 Å². The quantitative estimate of drug-likeness (QED) is 0.800. The van der Waals surface area contributed by atoms with Gasteiger partial charge in [-0.2, -0.15) is 0 Å². The van der Waals surface area contributed by atoms with Crippen molar-refractivity contribution in [1.82, 2.24) is 9.97 Å². The molecule has 0 radical (unpaired) electrons. The van der Waals surface area contributed by atoms with Gasteiger partial charge in [-0.3, -0.25) is 4.98 Å². The molecular formula is C15H18ClN3. The van der Waals surface area contributed by atoms with E-state index in [1.165, 1.54) is 11.1 Å². The third-order valence-corrected chi connectivity index (χ3v) is 3.39. The average Bonchev–Trinajstić information content (AvgIpc) is 2.39. The summed E-state index contributed by atoms with van der Waals surface area (Å²) in [6.45, 7) is 4.88. The monoisotopic (exact) mass is 275 g/mol. The maximum atomic E-state index is 6.06. The molecule has 0 unspecified atom stereocenters. The molecule has 2 rings (SSSR count). The van der Waals surface area contributed by atoms with Crippen LogP contribution >= 0.6 is 11.6 Å². The van der Waals surface area contributed by atoms with Crippen molar-refractivity contribution in [2.75, 3.05) is 11.9 Å². The fourth-order valence-corrected chi connectivity index (χ4v) is 2.49. The van der Waals surface area contributed by atoms with E-state index in [1.54, 1.807) is 12.4 Å². The Morgan fingerprint density at radius 3 is 2.53 bits per heavy atom. The van der Waals surface area contributed by atoms with Gasteiger partial charge in [0.1, 0.15) is 5.82 Å². The highest BCUT2D eigenvalue weighted by molar-refractivity contribution is 6.17. The molecule has 3 nitrogen and oxygen atoms in total. The van der Waals surface area contributed by atoms with Crippen LogP contribution in [0.15, 0.2) is 30.6 Å². The van der Waals surface area contributed by atoms with Crippen LogP contribution in [-0.4, -0.2) is 17.0 Å². The summed E-state index contributed by atoms with van der Waals surface area (Å²) >= 11 is 6.06. The van der Waals surface area contributed by atoms with Gasteiger partial charge in [-0.1, -0.05) is 0 Å². The molecule has 0 spiro atoms. The van der Waals surface area contributed by atoms with Crippen molar-refractivity contribution >= 4 is 17.4 Å². The van der Waals surface area contributed by atoms with Gasteiger partial charge >= 0.3 is 0 Å². The summed E-state index contributed by atoms with van der Waals surface area (Å²) in [4.78, 5) is 10.8. The second-order valence-corrected chi connectivity index (χ2v) is 5.00. The second-order valence-electron chi connectivity index (χ2n) is 4.73. The Hall–Kier alpha value is -1.61. The molecule has 0 amide bonds. The minimum atomic E-state index is 0.481. The van der Waals surface area contributed by atoms with Crippen molar-refractivity contribution in [1.29, 1.82) is 0 Å². The molecule has 0 aromatic carbocycles. The first-order valence-electron chi connectivity index (χ1n) is 6.25. The van der Waals surface area contributed by atoms with Gasteiger partial charge in [0.15, 0.2) is 0 Å². The number of nitrogens with zero attached hydrogens (tertiary/aromatic N) is 3. The van der Waals surface area contributed by atoms with E-state index in [-0.39, 0.29) is 0 Å². The van der Waals surface area contributed by atoms with Crippen LogP contribution in [0.2, 0.25) is 0 Å². The van der Waals surface area contributed by atoms with Crippen molar-refractivity contribution < 1.29 is 0 Å². The standard InChI is InChI=1S/C15H18ClN3/c1-11-8-12(2)18-15(14(11)9-16)19(3)10-13-4-6-17-7-5-13/h4-8H,9-10H2,1-3H3. The third-order valence-electron chi connectivity index (χ3n) is 3.12. The lowest BCUT2D eigenvalue weighted by Crippen LogP contribution is -2.20. The van der Waals surface area contributed by atoms with Crippen LogP contribution in [0.1, 0.15) is 22.4 Å². The number of rotatable bonds is 4. The lowest BCUT2D eigenvalue weighted by atomic mass is 10.1. The van der Waals surface area contributed by atoms with Gasteiger partial charge in [0, 0.05) is 37.2 Å². The number of hydrogen-bond acceptors (Lipinski definition) is 3. The predicted molar refractivity (Wildman–Crippen MR) is 79.6 cm³/mol. The van der Waals surface area contributed by atoms with Crippen molar-refractivity contribution in [3.8, 4) is 0 Å². The molecule has 0 aliphatic rings. The van der Waals surface area contributed by atoms with Gasteiger partial charge in [0.2, 0.25) is 0 Å². The zero-order valence-electron chi connectivity index (χ0n) is 11.5. The van der Waals surface area contributed by atoms with Gasteiger partial charge in [0.25, 0.3) is 0 Å². The molecule has 0 saturated carbocycles. The van der Waals surface area contributed by atoms with E-state index in [2.05, 4.69) is 27.9 Å². The summed E-state index contributed by atoms with van der Waals surface area (Å²) in [6, 6.07) is 6.10. The molecular weight excluding hydrogens is 258 g/mol. The van der Waals surface area contributed by atoms with Crippen LogP contribution in [0.25, 0.3) is 0 Å². The van der Waals surface area contributed by atoms with Crippen molar-refractivity contribution in [2.24, 2.45) is 0 Å². The lowest BCUT2D eigenvalue weighted by Gasteiger charge is -2.22. The number of aryl methyl sites for hydroxylation is 2. The highest BCUT2D eigenvalue weighted by Gasteiger charge is 2.12. The molecule has 0 fully saturated rings. The van der Waals surface area contributed by atoms with Crippen LogP contribution < -0.4 is 4.90 Å². The van der Waals surface area contributed by atoms with Crippen molar-refractivity contribution in [3.05, 3.63) is 53.0 Å². The normalized spacial score (nSPS) is 10.5. The lowest BCUT2D eigenvalue weighted by molar-refractivity contribution is 0.877. The first-order chi connectivity index (χ1) is 9.11. The maximum Gasteiger partial charge on any atom is 0.133 e. The maximum absolute atomic E-state index is 6.06. The number of aromatic nitrogens is 2. The van der Waals surface area contributed by atoms with Crippen molar-refractivity contribution in [2.45, 2.75) is 26.3 Å². The Balaban J connectivity index is 2.30. The molecule has 100 valence electrons. The molecule has 0 aliphatic carbocycles. The van der Waals surface area contributed by atoms with E-state index in [1.807, 2.05) is 26.1 Å². The Bertz CT molecular complexity index is 555. The van der Waals surface area contributed by atoms with Gasteiger partial charge in [-0.05, 0) is 43.2 Å². The molecule has 0 aliphatic heterocycles. The van der Waals surface area contributed by atoms with E-state index in [9.17, 15) is 0 Å². The Labute approximate surface area is 119 Å². The smallest absolute Gasteiger partial charge is 0.133 e. The first-order valence-corrected chi connectivity index (χ1v) is 6.78. The zero-order valence-corrected chi connectivity index (χ0v) is 12.3. The molecule has 19 heavy (non-hydrogen) atoms. The van der Waals surface area contributed by atoms with E-state index in [4.69, 9.17) is 11.6 Å². The van der Waals surface area contributed by atoms with Crippen LogP contribution in [0.5, 0.6) is 0 Å². The first kappa shape index (κ1) is 13.8. The number of halogens is 1. The van der Waals surface area contributed by atoms with E-state index in [0.29, 0.717) is 5.88 Å². The molecule has 2 aromatic rings. The van der Waals surface area contributed by atoms with Gasteiger partial charge < -0.3 is 4.90 Å². The highest BCUT2D eigenvalue weighted by Crippen LogP contribution is 2.24. The Morgan fingerprint density at radius 1 is 1.21 bits per heavy atom. The molecule has 0 atom stereocenters. The van der Waals surface area contributed by atoms with Gasteiger partial charge in [-0.25, -0.2) is 4.98 Å². The molecule has 0 saturated heterocycles. The van der Waals surface area contributed by atoms with Gasteiger partial charge in [0.05, 0.1) is 5.88 Å². The largest absolute Gasteiger partial charge is 0.355 e. The molecule has 2 heterocycles. The molecule has 0 bridgehead atoms. The van der Waals surface area contributed by atoms with E-state index in [0.717, 1.165) is 23.6 Å². The predicted octanol–water partition coefficient (Wildman–Crippen LogP) is 3.47. The summed E-state index contributed by atoms with van der Waals surface area (Å²) in [6.07, 6.45) is 3.61. The summed E-state index contributed by atoms with van der Waals surface area (Å²) < 4.78 is 0. The molecule has 4 heteroatoms. The van der Waals surface area contributed by atoms with E-state index >= 15 is 0 Å². The zero-order chi connectivity index (χ0) is 13.8. The third kappa shape index (κ3) is 3.24. The van der Waals surface area contributed by atoms with E-state index < -0.39 is 0 Å². The number of hydrogen-bond donors (Lipinski definition) is 0. The van der Waals surface area contributed by atoms with Gasteiger partial charge in [-0.15, -0.1) is 11.6 Å².